The quantitative estimate of drug-likeness (QED) is 0.722. The van der Waals surface area contributed by atoms with Gasteiger partial charge in [0.15, 0.2) is 0 Å². The minimum atomic E-state index is 0.112. The van der Waals surface area contributed by atoms with Crippen molar-refractivity contribution in [1.82, 2.24) is 14.9 Å². The zero-order valence-electron chi connectivity index (χ0n) is 12.8. The van der Waals surface area contributed by atoms with Gasteiger partial charge in [-0.05, 0) is 36.6 Å². The first-order valence-corrected chi connectivity index (χ1v) is 7.66. The van der Waals surface area contributed by atoms with Crippen LogP contribution in [0.15, 0.2) is 48.8 Å². The van der Waals surface area contributed by atoms with Crippen molar-refractivity contribution in [2.75, 3.05) is 6.54 Å². The van der Waals surface area contributed by atoms with Crippen LogP contribution >= 0.6 is 0 Å². The molecule has 0 aliphatic rings. The number of fused-ring (bicyclic) bond motifs is 1. The highest BCUT2D eigenvalue weighted by Crippen LogP contribution is 2.17. The number of carbonyl (C=O) groups is 1. The van der Waals surface area contributed by atoms with Crippen molar-refractivity contribution in [3.8, 4) is 0 Å². The standard InChI is InChI=1S/C18H21N3O/c1-21-12-4-5-15(21)8-9-18(22)19-11-10-14-13-20-17-7-3-2-6-16(14)17/h2-7,12-13,20H,8-11H2,1H3,(H,19,22). The molecule has 1 aromatic carbocycles. The SMILES string of the molecule is Cn1cccc1CCC(=O)NCCc1c[nH]c2ccccc12. The first-order valence-electron chi connectivity index (χ1n) is 7.66. The molecule has 0 saturated carbocycles. The number of hydrogen-bond acceptors (Lipinski definition) is 1. The number of benzene rings is 1. The second-order valence-corrected chi connectivity index (χ2v) is 5.57. The van der Waals surface area contributed by atoms with Gasteiger partial charge in [-0.25, -0.2) is 0 Å². The fourth-order valence-electron chi connectivity index (χ4n) is 2.76. The van der Waals surface area contributed by atoms with Gasteiger partial charge in [0.25, 0.3) is 0 Å². The van der Waals surface area contributed by atoms with Crippen molar-refractivity contribution in [3.05, 3.63) is 60.0 Å². The van der Waals surface area contributed by atoms with Crippen molar-refractivity contribution in [3.63, 3.8) is 0 Å². The Hall–Kier alpha value is -2.49. The van der Waals surface area contributed by atoms with Crippen LogP contribution in [0.3, 0.4) is 0 Å². The molecule has 2 heterocycles. The van der Waals surface area contributed by atoms with Crippen LogP contribution in [0.2, 0.25) is 0 Å². The average Bonchev–Trinajstić information content (AvgIpc) is 3.12. The minimum absolute atomic E-state index is 0.112. The molecule has 1 amide bonds. The van der Waals surface area contributed by atoms with Crippen LogP contribution in [0.25, 0.3) is 10.9 Å². The topological polar surface area (TPSA) is 49.8 Å². The van der Waals surface area contributed by atoms with Crippen molar-refractivity contribution in [2.24, 2.45) is 7.05 Å². The number of carbonyl (C=O) groups excluding carboxylic acids is 1. The smallest absolute Gasteiger partial charge is 0.220 e. The van der Waals surface area contributed by atoms with E-state index in [9.17, 15) is 4.79 Å². The Labute approximate surface area is 130 Å². The molecule has 4 heteroatoms. The van der Waals surface area contributed by atoms with E-state index in [4.69, 9.17) is 0 Å². The second-order valence-electron chi connectivity index (χ2n) is 5.57. The molecule has 0 bridgehead atoms. The van der Waals surface area contributed by atoms with Gasteiger partial charge in [-0.3, -0.25) is 4.79 Å². The Bertz CT molecular complexity index is 769. The normalized spacial score (nSPS) is 11.0. The molecular weight excluding hydrogens is 274 g/mol. The summed E-state index contributed by atoms with van der Waals surface area (Å²) < 4.78 is 2.05. The van der Waals surface area contributed by atoms with Gasteiger partial charge in [0, 0.05) is 49.0 Å². The number of amides is 1. The van der Waals surface area contributed by atoms with E-state index in [1.54, 1.807) is 0 Å². The third-order valence-electron chi connectivity index (χ3n) is 4.05. The Morgan fingerprint density at radius 1 is 1.18 bits per heavy atom. The van der Waals surface area contributed by atoms with Crippen molar-refractivity contribution in [1.29, 1.82) is 0 Å². The summed E-state index contributed by atoms with van der Waals surface area (Å²) in [5.41, 5.74) is 3.58. The first kappa shape index (κ1) is 14.4. The molecule has 0 atom stereocenters. The maximum Gasteiger partial charge on any atom is 0.220 e. The summed E-state index contributed by atoms with van der Waals surface area (Å²) in [7, 11) is 2.00. The predicted molar refractivity (Wildman–Crippen MR) is 88.7 cm³/mol. The Morgan fingerprint density at radius 3 is 2.86 bits per heavy atom. The molecule has 0 aliphatic heterocycles. The lowest BCUT2D eigenvalue weighted by atomic mass is 10.1. The molecule has 0 fully saturated rings. The Balaban J connectivity index is 1.46. The first-order chi connectivity index (χ1) is 10.7. The number of hydrogen-bond donors (Lipinski definition) is 2. The maximum atomic E-state index is 11.9. The number of nitrogens with zero attached hydrogens (tertiary/aromatic N) is 1. The molecule has 0 spiro atoms. The summed E-state index contributed by atoms with van der Waals surface area (Å²) >= 11 is 0. The molecule has 0 unspecified atom stereocenters. The number of para-hydroxylation sites is 1. The number of rotatable bonds is 6. The summed E-state index contributed by atoms with van der Waals surface area (Å²) in [6.07, 6.45) is 6.19. The molecular formula is C18H21N3O. The minimum Gasteiger partial charge on any atom is -0.361 e. The number of aryl methyl sites for hydroxylation is 2. The van der Waals surface area contributed by atoms with Crippen molar-refractivity contribution >= 4 is 16.8 Å². The van der Waals surface area contributed by atoms with Gasteiger partial charge in [0.1, 0.15) is 0 Å². The average molecular weight is 295 g/mol. The molecule has 22 heavy (non-hydrogen) atoms. The van der Waals surface area contributed by atoms with Gasteiger partial charge >= 0.3 is 0 Å². The molecule has 114 valence electrons. The van der Waals surface area contributed by atoms with Gasteiger partial charge < -0.3 is 14.9 Å². The molecule has 3 rings (SSSR count). The van der Waals surface area contributed by atoms with E-state index in [0.29, 0.717) is 13.0 Å². The van der Waals surface area contributed by atoms with Crippen molar-refractivity contribution in [2.45, 2.75) is 19.3 Å². The highest BCUT2D eigenvalue weighted by molar-refractivity contribution is 5.83. The van der Waals surface area contributed by atoms with Crippen molar-refractivity contribution < 1.29 is 4.79 Å². The summed E-state index contributed by atoms with van der Waals surface area (Å²) in [5, 5.41) is 4.24. The fraction of sp³-hybridized carbons (Fsp3) is 0.278. The summed E-state index contributed by atoms with van der Waals surface area (Å²) in [5.74, 6) is 0.112. The maximum absolute atomic E-state index is 11.9. The van der Waals surface area contributed by atoms with E-state index in [2.05, 4.69) is 33.1 Å². The van der Waals surface area contributed by atoms with Crippen LogP contribution in [0.1, 0.15) is 17.7 Å². The highest BCUT2D eigenvalue weighted by Gasteiger charge is 2.06. The predicted octanol–water partition coefficient (Wildman–Crippen LogP) is 2.80. The summed E-state index contributed by atoms with van der Waals surface area (Å²) in [4.78, 5) is 15.2. The van der Waals surface area contributed by atoms with Crippen LogP contribution < -0.4 is 5.32 Å². The number of aromatic nitrogens is 2. The molecule has 2 aromatic heterocycles. The van der Waals surface area contributed by atoms with Crippen LogP contribution in [0.4, 0.5) is 0 Å². The van der Waals surface area contributed by atoms with Gasteiger partial charge in [-0.2, -0.15) is 0 Å². The van der Waals surface area contributed by atoms with Crippen LogP contribution in [-0.4, -0.2) is 22.0 Å². The molecule has 0 saturated heterocycles. The van der Waals surface area contributed by atoms with Crippen LogP contribution in [-0.2, 0) is 24.7 Å². The van der Waals surface area contributed by atoms with E-state index >= 15 is 0 Å². The van der Waals surface area contributed by atoms with Gasteiger partial charge in [-0.15, -0.1) is 0 Å². The van der Waals surface area contributed by atoms with E-state index in [0.717, 1.165) is 18.4 Å². The van der Waals surface area contributed by atoms with E-state index in [1.807, 2.05) is 37.6 Å². The molecule has 2 N–H and O–H groups in total. The summed E-state index contributed by atoms with van der Waals surface area (Å²) in [6.45, 7) is 0.674. The number of H-pyrrole nitrogens is 1. The summed E-state index contributed by atoms with van der Waals surface area (Å²) in [6, 6.07) is 12.3. The fourth-order valence-corrected chi connectivity index (χ4v) is 2.76. The number of aromatic amines is 1. The van der Waals surface area contributed by atoms with Gasteiger partial charge in [0.2, 0.25) is 5.91 Å². The Kier molecular flexibility index (Phi) is 4.28. The Morgan fingerprint density at radius 2 is 2.05 bits per heavy atom. The molecule has 0 radical (unpaired) electrons. The lowest BCUT2D eigenvalue weighted by molar-refractivity contribution is -0.121. The zero-order valence-corrected chi connectivity index (χ0v) is 12.8. The lowest BCUT2D eigenvalue weighted by Gasteiger charge is -2.06. The molecule has 4 nitrogen and oxygen atoms in total. The second kappa shape index (κ2) is 6.52. The van der Waals surface area contributed by atoms with Crippen LogP contribution in [0.5, 0.6) is 0 Å². The third-order valence-corrected chi connectivity index (χ3v) is 4.05. The molecule has 3 aromatic rings. The van der Waals surface area contributed by atoms with E-state index in [-0.39, 0.29) is 5.91 Å². The largest absolute Gasteiger partial charge is 0.361 e. The number of nitrogens with one attached hydrogen (secondary N) is 2. The van der Waals surface area contributed by atoms with E-state index in [1.165, 1.54) is 16.6 Å². The monoisotopic (exact) mass is 295 g/mol. The third kappa shape index (κ3) is 3.22. The lowest BCUT2D eigenvalue weighted by Crippen LogP contribution is -2.26. The van der Waals surface area contributed by atoms with Gasteiger partial charge in [-0.1, -0.05) is 18.2 Å². The van der Waals surface area contributed by atoms with Crippen LogP contribution in [0, 0.1) is 0 Å². The highest BCUT2D eigenvalue weighted by atomic mass is 16.1. The van der Waals surface area contributed by atoms with E-state index < -0.39 is 0 Å². The molecule has 0 aliphatic carbocycles. The van der Waals surface area contributed by atoms with Gasteiger partial charge in [0.05, 0.1) is 0 Å². The zero-order chi connectivity index (χ0) is 15.4.